The number of nitrogens with zero attached hydrogens (tertiary/aromatic N) is 2. The summed E-state index contributed by atoms with van der Waals surface area (Å²) < 4.78 is 6.69. The number of nitrogens with two attached hydrogens (primary N) is 1. The van der Waals surface area contributed by atoms with Crippen molar-refractivity contribution >= 4 is 31.7 Å². The van der Waals surface area contributed by atoms with Gasteiger partial charge >= 0.3 is 0 Å². The number of anilines is 1. The van der Waals surface area contributed by atoms with Crippen molar-refractivity contribution in [3.05, 3.63) is 64.7 Å². The number of rotatable bonds is 9. The zero-order valence-electron chi connectivity index (χ0n) is 24.0. The first-order valence-corrected chi connectivity index (χ1v) is 16.6. The van der Waals surface area contributed by atoms with Crippen LogP contribution in [0.5, 0.6) is 0 Å². The van der Waals surface area contributed by atoms with Gasteiger partial charge in [-0.05, 0) is 59.4 Å². The molecule has 9 heteroatoms. The van der Waals surface area contributed by atoms with E-state index in [9.17, 15) is 14.4 Å². The number of likely N-dealkylation sites (tertiary alicyclic amines) is 1. The Kier molecular flexibility index (Phi) is 8.35. The molecule has 2 aromatic carbocycles. The van der Waals surface area contributed by atoms with Gasteiger partial charge in [0.25, 0.3) is 0 Å². The van der Waals surface area contributed by atoms with E-state index in [-0.39, 0.29) is 35.4 Å². The smallest absolute Gasteiger partial charge is 0.248 e. The third-order valence-corrected chi connectivity index (χ3v) is 13.0. The average Bonchev–Trinajstić information content (AvgIpc) is 3.45. The van der Waals surface area contributed by atoms with E-state index in [1.54, 1.807) is 17.0 Å². The number of benzene rings is 2. The van der Waals surface area contributed by atoms with Crippen LogP contribution in [-0.4, -0.2) is 68.6 Å². The molecule has 1 saturated heterocycles. The van der Waals surface area contributed by atoms with Crippen LogP contribution in [0.1, 0.15) is 60.3 Å². The number of carbonyl (C=O) groups is 3. The first-order chi connectivity index (χ1) is 18.2. The van der Waals surface area contributed by atoms with Crippen LogP contribution in [0.15, 0.2) is 42.5 Å². The zero-order chi connectivity index (χ0) is 28.5. The van der Waals surface area contributed by atoms with Crippen LogP contribution in [0, 0.1) is 0 Å². The van der Waals surface area contributed by atoms with Crippen molar-refractivity contribution in [3.8, 4) is 0 Å². The van der Waals surface area contributed by atoms with Crippen LogP contribution in [0.2, 0.25) is 18.1 Å². The minimum atomic E-state index is -1.89. The molecule has 0 aromatic heterocycles. The van der Waals surface area contributed by atoms with Crippen LogP contribution in [0.25, 0.3) is 0 Å². The summed E-state index contributed by atoms with van der Waals surface area (Å²) in [5, 5.41) is 3.00. The molecule has 0 aliphatic carbocycles. The molecule has 0 spiro atoms. The van der Waals surface area contributed by atoms with E-state index in [0.29, 0.717) is 18.5 Å². The number of fused-ring (bicyclic) bond motifs is 1. The third kappa shape index (κ3) is 6.77. The van der Waals surface area contributed by atoms with E-state index in [0.717, 1.165) is 41.9 Å². The highest BCUT2D eigenvalue weighted by Crippen LogP contribution is 2.38. The van der Waals surface area contributed by atoms with Gasteiger partial charge in [0.1, 0.15) is 0 Å². The van der Waals surface area contributed by atoms with E-state index in [4.69, 9.17) is 10.2 Å². The van der Waals surface area contributed by atoms with E-state index >= 15 is 0 Å². The van der Waals surface area contributed by atoms with Crippen molar-refractivity contribution in [3.63, 3.8) is 0 Å². The van der Waals surface area contributed by atoms with Gasteiger partial charge in [-0.25, -0.2) is 0 Å². The summed E-state index contributed by atoms with van der Waals surface area (Å²) in [6, 6.07) is 12.7. The quantitative estimate of drug-likeness (QED) is 0.457. The molecule has 8 nitrogen and oxygen atoms in total. The lowest BCUT2D eigenvalue weighted by Crippen LogP contribution is -2.45. The molecule has 4 rings (SSSR count). The second kappa shape index (κ2) is 11.2. The topological polar surface area (TPSA) is 105 Å². The predicted molar refractivity (Wildman–Crippen MR) is 156 cm³/mol. The number of amides is 3. The van der Waals surface area contributed by atoms with Gasteiger partial charge in [0, 0.05) is 37.9 Å². The standard InChI is InChI=1S/C30H42N4O4Si/c1-30(2,3)39(5,6)38-24-12-13-34(18-24)19-26(22-8-7-9-23(16-22)29(31)37)33(4)28(36)15-20-10-11-21-17-27(35)32-25(21)14-20/h7-11,14,16,24,26H,12-13,15,17-19H2,1-6H3,(H2,31,37)(H,32,35)/t24?,26-/m1/s1. The van der Waals surface area contributed by atoms with Crippen LogP contribution in [-0.2, 0) is 26.9 Å². The second-order valence-electron chi connectivity index (χ2n) is 12.5. The number of likely N-dealkylation sites (N-methyl/N-ethyl adjacent to an activating group) is 1. The van der Waals surface area contributed by atoms with Gasteiger partial charge in [-0.3, -0.25) is 19.3 Å². The fourth-order valence-corrected chi connectivity index (χ4v) is 6.47. The van der Waals surface area contributed by atoms with Crippen molar-refractivity contribution in [2.24, 2.45) is 5.73 Å². The summed E-state index contributed by atoms with van der Waals surface area (Å²) in [5.74, 6) is -0.558. The Labute approximate surface area is 233 Å². The summed E-state index contributed by atoms with van der Waals surface area (Å²) in [6.07, 6.45) is 1.71. The summed E-state index contributed by atoms with van der Waals surface area (Å²) in [4.78, 5) is 41.4. The Morgan fingerprint density at radius 1 is 1.21 bits per heavy atom. The number of carbonyl (C=O) groups excluding carboxylic acids is 3. The Bertz CT molecular complexity index is 1260. The lowest BCUT2D eigenvalue weighted by Gasteiger charge is -2.38. The van der Waals surface area contributed by atoms with Crippen molar-refractivity contribution < 1.29 is 18.8 Å². The Morgan fingerprint density at radius 3 is 2.64 bits per heavy atom. The maximum Gasteiger partial charge on any atom is 0.248 e. The van der Waals surface area contributed by atoms with Gasteiger partial charge in [0.05, 0.1) is 25.0 Å². The monoisotopic (exact) mass is 550 g/mol. The maximum atomic E-state index is 13.6. The van der Waals surface area contributed by atoms with Gasteiger partial charge in [0.2, 0.25) is 17.7 Å². The zero-order valence-corrected chi connectivity index (χ0v) is 25.0. The minimum absolute atomic E-state index is 0.0264. The lowest BCUT2D eigenvalue weighted by atomic mass is 10.0. The molecular weight excluding hydrogens is 508 g/mol. The molecule has 210 valence electrons. The van der Waals surface area contributed by atoms with Crippen molar-refractivity contribution in [2.45, 2.75) is 70.3 Å². The molecule has 2 atom stereocenters. The largest absolute Gasteiger partial charge is 0.413 e. The highest BCUT2D eigenvalue weighted by molar-refractivity contribution is 6.74. The minimum Gasteiger partial charge on any atom is -0.413 e. The molecule has 0 radical (unpaired) electrons. The SMILES string of the molecule is CN(C(=O)Cc1ccc2c(c1)NC(=O)C2)[C@H](CN1CCC(O[Si](C)(C)C(C)(C)C)C1)c1cccc(C(N)=O)c1. The van der Waals surface area contributed by atoms with Crippen molar-refractivity contribution in [1.82, 2.24) is 9.80 Å². The summed E-state index contributed by atoms with van der Waals surface area (Å²) in [5.41, 5.74) is 9.46. The Hall–Kier alpha value is -3.01. The molecule has 3 N–H and O–H groups in total. The van der Waals surface area contributed by atoms with Gasteiger partial charge < -0.3 is 20.4 Å². The van der Waals surface area contributed by atoms with Gasteiger partial charge in [-0.15, -0.1) is 0 Å². The third-order valence-electron chi connectivity index (χ3n) is 8.50. The normalized spacial score (nSPS) is 18.5. The van der Waals surface area contributed by atoms with E-state index in [1.165, 1.54) is 0 Å². The Morgan fingerprint density at radius 2 is 1.95 bits per heavy atom. The van der Waals surface area contributed by atoms with Gasteiger partial charge in [-0.1, -0.05) is 45.0 Å². The Balaban J connectivity index is 1.51. The van der Waals surface area contributed by atoms with E-state index in [1.807, 2.05) is 37.4 Å². The van der Waals surface area contributed by atoms with Crippen LogP contribution in [0.3, 0.4) is 0 Å². The first-order valence-electron chi connectivity index (χ1n) is 13.7. The van der Waals surface area contributed by atoms with Gasteiger partial charge in [0.15, 0.2) is 8.32 Å². The average molecular weight is 551 g/mol. The lowest BCUT2D eigenvalue weighted by molar-refractivity contribution is -0.131. The molecular formula is C30H42N4O4Si. The molecule has 39 heavy (non-hydrogen) atoms. The van der Waals surface area contributed by atoms with Crippen LogP contribution in [0.4, 0.5) is 5.69 Å². The fourth-order valence-electron chi connectivity index (χ4n) is 5.09. The van der Waals surface area contributed by atoms with Crippen molar-refractivity contribution in [1.29, 1.82) is 0 Å². The highest BCUT2D eigenvalue weighted by atomic mass is 28.4. The second-order valence-corrected chi connectivity index (χ2v) is 17.2. The summed E-state index contributed by atoms with van der Waals surface area (Å²) in [7, 11) is -0.0689. The van der Waals surface area contributed by atoms with Crippen molar-refractivity contribution in [2.75, 3.05) is 32.0 Å². The molecule has 1 fully saturated rings. The molecule has 2 aliphatic rings. The van der Waals surface area contributed by atoms with E-state index < -0.39 is 14.2 Å². The summed E-state index contributed by atoms with van der Waals surface area (Å²) >= 11 is 0. The molecule has 0 bridgehead atoms. The van der Waals surface area contributed by atoms with E-state index in [2.05, 4.69) is 44.1 Å². The molecule has 2 aromatic rings. The molecule has 2 aliphatic heterocycles. The number of primary amides is 1. The molecule has 2 heterocycles. The predicted octanol–water partition coefficient (Wildman–Crippen LogP) is 4.12. The summed E-state index contributed by atoms with van der Waals surface area (Å²) in [6.45, 7) is 13.6. The highest BCUT2D eigenvalue weighted by Gasteiger charge is 2.41. The van der Waals surface area contributed by atoms with Crippen LogP contribution < -0.4 is 11.1 Å². The fraction of sp³-hybridized carbons (Fsp3) is 0.500. The molecule has 0 saturated carbocycles. The molecule has 3 amide bonds. The maximum absolute atomic E-state index is 13.6. The first kappa shape index (κ1) is 29.0. The number of nitrogens with one attached hydrogen (secondary N) is 1. The van der Waals surface area contributed by atoms with Crippen LogP contribution >= 0.6 is 0 Å². The van der Waals surface area contributed by atoms with Gasteiger partial charge in [-0.2, -0.15) is 0 Å². The molecule has 1 unspecified atom stereocenters. The number of hydrogen-bond donors (Lipinski definition) is 2. The number of hydrogen-bond acceptors (Lipinski definition) is 5.